The van der Waals surface area contributed by atoms with Crippen LogP contribution in [0.5, 0.6) is 0 Å². The lowest BCUT2D eigenvalue weighted by atomic mass is 9.99. The van der Waals surface area contributed by atoms with Gasteiger partial charge in [0.1, 0.15) is 0 Å². The van der Waals surface area contributed by atoms with Gasteiger partial charge in [-0.1, -0.05) is 46.3 Å². The second-order valence-corrected chi connectivity index (χ2v) is 4.89. The van der Waals surface area contributed by atoms with Crippen LogP contribution in [0.15, 0.2) is 24.8 Å². The van der Waals surface area contributed by atoms with E-state index in [1.54, 1.807) is 0 Å². The van der Waals surface area contributed by atoms with Gasteiger partial charge < -0.3 is 0 Å². The van der Waals surface area contributed by atoms with Crippen LogP contribution in [0.3, 0.4) is 0 Å². The number of rotatable bonds is 4. The van der Waals surface area contributed by atoms with E-state index in [-0.39, 0.29) is 0 Å². The van der Waals surface area contributed by atoms with Crippen LogP contribution in [0.25, 0.3) is 0 Å². The topological polar surface area (TPSA) is 0 Å². The van der Waals surface area contributed by atoms with Gasteiger partial charge in [0.2, 0.25) is 0 Å². The lowest BCUT2D eigenvalue weighted by Gasteiger charge is -2.07. The molecule has 0 N–H and O–H groups in total. The molecule has 0 saturated heterocycles. The van der Waals surface area contributed by atoms with Crippen molar-refractivity contribution in [2.75, 3.05) is 0 Å². The van der Waals surface area contributed by atoms with Crippen LogP contribution >= 0.6 is 0 Å². The van der Waals surface area contributed by atoms with Crippen LogP contribution in [0.1, 0.15) is 48.0 Å². The van der Waals surface area contributed by atoms with Crippen molar-refractivity contribution in [3.05, 3.63) is 24.8 Å². The minimum atomic E-state index is 0.667. The zero-order valence-electron chi connectivity index (χ0n) is 10.9. The van der Waals surface area contributed by atoms with Gasteiger partial charge in [-0.15, -0.1) is 13.2 Å². The Morgan fingerprint density at radius 3 is 1.57 bits per heavy atom. The van der Waals surface area contributed by atoms with Crippen molar-refractivity contribution in [2.45, 2.75) is 48.0 Å². The van der Waals surface area contributed by atoms with Gasteiger partial charge in [-0.2, -0.15) is 0 Å². The highest BCUT2D eigenvalue weighted by molar-refractivity contribution is 4.88. The van der Waals surface area contributed by atoms with Gasteiger partial charge in [-0.3, -0.25) is 0 Å². The molecule has 0 aromatic rings. The molecule has 0 saturated carbocycles. The molecule has 0 aliphatic heterocycles. The number of allylic oxidation sites excluding steroid dienone is 2. The molecule has 0 aromatic carbocycles. The molecule has 0 fully saturated rings. The summed E-state index contributed by atoms with van der Waals surface area (Å²) < 4.78 is 0. The second kappa shape index (κ2) is 9.05. The predicted octanol–water partition coefficient (Wildman–Crippen LogP) is 5.07. The molecule has 0 amide bonds. The van der Waals surface area contributed by atoms with Crippen molar-refractivity contribution < 1.29 is 0 Å². The summed E-state index contributed by atoms with van der Waals surface area (Å²) in [7, 11) is 0. The Morgan fingerprint density at radius 1 is 1.14 bits per heavy atom. The molecule has 0 aromatic heterocycles. The SMILES string of the molecule is C=C(C)CC(C)C.C=CC(C)C(C)C. The van der Waals surface area contributed by atoms with Crippen LogP contribution in [-0.4, -0.2) is 0 Å². The summed E-state index contributed by atoms with van der Waals surface area (Å²) in [6.45, 7) is 20.5. The Hall–Kier alpha value is -0.520. The first kappa shape index (κ1) is 15.9. The van der Waals surface area contributed by atoms with E-state index in [4.69, 9.17) is 0 Å². The molecule has 0 nitrogen and oxygen atoms in total. The summed E-state index contributed by atoms with van der Waals surface area (Å²) in [6.07, 6.45) is 3.16. The molecule has 0 aliphatic rings. The molecule has 1 unspecified atom stereocenters. The zero-order chi connectivity index (χ0) is 11.7. The van der Waals surface area contributed by atoms with E-state index in [0.717, 1.165) is 11.8 Å². The van der Waals surface area contributed by atoms with Crippen LogP contribution in [0.2, 0.25) is 0 Å². The summed E-state index contributed by atoms with van der Waals surface area (Å²) in [5.74, 6) is 2.19. The van der Waals surface area contributed by atoms with Gasteiger partial charge in [0, 0.05) is 0 Å². The first-order valence-electron chi connectivity index (χ1n) is 5.58. The van der Waals surface area contributed by atoms with Crippen molar-refractivity contribution in [1.29, 1.82) is 0 Å². The summed E-state index contributed by atoms with van der Waals surface area (Å²) in [5, 5.41) is 0. The Balaban J connectivity index is 0. The Kier molecular flexibility index (Phi) is 10.3. The quantitative estimate of drug-likeness (QED) is 0.550. The lowest BCUT2D eigenvalue weighted by molar-refractivity contribution is 0.505. The molecular weight excluding hydrogens is 168 g/mol. The zero-order valence-corrected chi connectivity index (χ0v) is 10.9. The molecule has 0 spiro atoms. The highest BCUT2D eigenvalue weighted by Crippen LogP contribution is 2.08. The minimum Gasteiger partial charge on any atom is -0.103 e. The van der Waals surface area contributed by atoms with Crippen molar-refractivity contribution in [3.8, 4) is 0 Å². The van der Waals surface area contributed by atoms with Crippen molar-refractivity contribution in [2.24, 2.45) is 17.8 Å². The van der Waals surface area contributed by atoms with Gasteiger partial charge >= 0.3 is 0 Å². The lowest BCUT2D eigenvalue weighted by Crippen LogP contribution is -1.97. The molecule has 84 valence electrons. The Labute approximate surface area is 91.1 Å². The third-order valence-corrected chi connectivity index (χ3v) is 2.18. The van der Waals surface area contributed by atoms with E-state index in [2.05, 4.69) is 54.7 Å². The van der Waals surface area contributed by atoms with Gasteiger partial charge in [0.05, 0.1) is 0 Å². The van der Waals surface area contributed by atoms with Gasteiger partial charge in [-0.25, -0.2) is 0 Å². The van der Waals surface area contributed by atoms with Crippen LogP contribution < -0.4 is 0 Å². The van der Waals surface area contributed by atoms with Gasteiger partial charge in [0.15, 0.2) is 0 Å². The highest BCUT2D eigenvalue weighted by Gasteiger charge is 1.98. The first-order valence-corrected chi connectivity index (χ1v) is 5.58. The van der Waals surface area contributed by atoms with Crippen LogP contribution in [0.4, 0.5) is 0 Å². The minimum absolute atomic E-state index is 0.667. The normalized spacial score (nSPS) is 12.0. The summed E-state index contributed by atoms with van der Waals surface area (Å²) in [4.78, 5) is 0. The van der Waals surface area contributed by atoms with Crippen molar-refractivity contribution >= 4 is 0 Å². The predicted molar refractivity (Wildman–Crippen MR) is 68.5 cm³/mol. The van der Waals surface area contributed by atoms with E-state index < -0.39 is 0 Å². The maximum Gasteiger partial charge on any atom is -0.0242 e. The highest BCUT2D eigenvalue weighted by atomic mass is 14.0. The average molecular weight is 196 g/mol. The number of hydrogen-bond acceptors (Lipinski definition) is 0. The molecule has 0 heterocycles. The van der Waals surface area contributed by atoms with Crippen molar-refractivity contribution in [3.63, 3.8) is 0 Å². The van der Waals surface area contributed by atoms with Gasteiger partial charge in [0.25, 0.3) is 0 Å². The molecule has 0 aliphatic carbocycles. The maximum atomic E-state index is 3.80. The summed E-state index contributed by atoms with van der Waals surface area (Å²) >= 11 is 0. The second-order valence-electron chi connectivity index (χ2n) is 4.89. The Morgan fingerprint density at radius 2 is 1.57 bits per heavy atom. The maximum absolute atomic E-state index is 3.80. The largest absolute Gasteiger partial charge is 0.103 e. The third kappa shape index (κ3) is 14.0. The van der Waals surface area contributed by atoms with E-state index in [9.17, 15) is 0 Å². The molecule has 0 bridgehead atoms. The molecular formula is C14H28. The molecule has 14 heavy (non-hydrogen) atoms. The van der Waals surface area contributed by atoms with Gasteiger partial charge in [-0.05, 0) is 31.1 Å². The standard InChI is InChI=1S/2C7H14/c1-6(2)5-7(3)4;1-5-7(4)6(2)3/h7H,1,5H2,2-4H3;5-7H,1H2,2-4H3. The molecule has 0 rings (SSSR count). The summed E-state index contributed by atoms with van der Waals surface area (Å²) in [5.41, 5.74) is 1.29. The molecule has 1 atom stereocenters. The fourth-order valence-corrected chi connectivity index (χ4v) is 0.969. The molecule has 0 radical (unpaired) electrons. The first-order chi connectivity index (χ1) is 6.31. The van der Waals surface area contributed by atoms with E-state index in [0.29, 0.717) is 5.92 Å². The number of hydrogen-bond donors (Lipinski definition) is 0. The van der Waals surface area contributed by atoms with E-state index in [1.807, 2.05) is 6.08 Å². The molecule has 0 heteroatoms. The van der Waals surface area contributed by atoms with E-state index in [1.165, 1.54) is 12.0 Å². The summed E-state index contributed by atoms with van der Waals surface area (Å²) in [6, 6.07) is 0. The third-order valence-electron chi connectivity index (χ3n) is 2.18. The van der Waals surface area contributed by atoms with Crippen LogP contribution in [0, 0.1) is 17.8 Å². The van der Waals surface area contributed by atoms with E-state index >= 15 is 0 Å². The average Bonchev–Trinajstić information content (AvgIpc) is 2.01. The fourth-order valence-electron chi connectivity index (χ4n) is 0.969. The monoisotopic (exact) mass is 196 g/mol. The Bertz CT molecular complexity index is 151. The fraction of sp³-hybridized carbons (Fsp3) is 0.714. The van der Waals surface area contributed by atoms with Crippen LogP contribution in [-0.2, 0) is 0 Å². The smallest absolute Gasteiger partial charge is 0.0242 e. The van der Waals surface area contributed by atoms with Crippen molar-refractivity contribution in [1.82, 2.24) is 0 Å².